The molecule has 1 aromatic heterocycles. The Hall–Kier alpha value is -1.92. The Balaban J connectivity index is 2.67. The number of aliphatic carboxylic acids is 1. The number of hydrogen-bond donors (Lipinski definition) is 3. The summed E-state index contributed by atoms with van der Waals surface area (Å²) in [6.45, 7) is 7.27. The van der Waals surface area contributed by atoms with Crippen molar-refractivity contribution >= 4 is 11.9 Å². The minimum Gasteiger partial charge on any atom is -0.481 e. The van der Waals surface area contributed by atoms with Gasteiger partial charge in [-0.25, -0.2) is 4.98 Å². The van der Waals surface area contributed by atoms with Crippen LogP contribution in [0.25, 0.3) is 0 Å². The third kappa shape index (κ3) is 3.52. The van der Waals surface area contributed by atoms with Crippen molar-refractivity contribution in [3.05, 3.63) is 11.6 Å². The number of rotatable bonds is 6. The summed E-state index contributed by atoms with van der Waals surface area (Å²) in [5, 5.41) is 18.2. The number of carbonyl (C=O) groups is 2. The number of carbonyl (C=O) groups excluding carboxylic acids is 1. The smallest absolute Gasteiger partial charge is 0.311 e. The Bertz CT molecular complexity index is 469. The van der Waals surface area contributed by atoms with Crippen molar-refractivity contribution in [2.45, 2.75) is 40.0 Å². The van der Waals surface area contributed by atoms with Crippen molar-refractivity contribution in [3.63, 3.8) is 0 Å². The topological polar surface area (TPSA) is 108 Å². The molecule has 0 aliphatic carbocycles. The lowest BCUT2D eigenvalue weighted by Crippen LogP contribution is -2.40. The van der Waals surface area contributed by atoms with Gasteiger partial charge >= 0.3 is 5.97 Å². The predicted molar refractivity (Wildman–Crippen MR) is 68.8 cm³/mol. The van der Waals surface area contributed by atoms with Crippen LogP contribution in [0, 0.1) is 5.41 Å². The first-order valence-electron chi connectivity index (χ1n) is 6.24. The van der Waals surface area contributed by atoms with Crippen LogP contribution in [-0.2, 0) is 4.79 Å². The minimum absolute atomic E-state index is 0.0348. The van der Waals surface area contributed by atoms with Gasteiger partial charge < -0.3 is 10.4 Å². The van der Waals surface area contributed by atoms with Gasteiger partial charge in [-0.05, 0) is 13.3 Å². The van der Waals surface area contributed by atoms with Gasteiger partial charge in [0.05, 0.1) is 5.41 Å². The number of aromatic nitrogens is 3. The van der Waals surface area contributed by atoms with E-state index in [0.29, 0.717) is 12.2 Å². The number of carboxylic acids is 1. The lowest BCUT2D eigenvalue weighted by molar-refractivity contribution is -0.147. The van der Waals surface area contributed by atoms with E-state index in [9.17, 15) is 9.59 Å². The lowest BCUT2D eigenvalue weighted by atomic mass is 9.88. The van der Waals surface area contributed by atoms with E-state index in [1.54, 1.807) is 13.8 Å². The second kappa shape index (κ2) is 5.81. The molecule has 0 saturated carbocycles. The van der Waals surface area contributed by atoms with Crippen LogP contribution in [0.1, 0.15) is 56.5 Å². The predicted octanol–water partition coefficient (Wildman–Crippen LogP) is 1.16. The third-order valence-electron chi connectivity index (χ3n) is 3.19. The zero-order chi connectivity index (χ0) is 14.6. The largest absolute Gasteiger partial charge is 0.481 e. The van der Waals surface area contributed by atoms with Gasteiger partial charge in [-0.15, -0.1) is 5.10 Å². The Kier molecular flexibility index (Phi) is 4.63. The van der Waals surface area contributed by atoms with Crippen molar-refractivity contribution in [2.75, 3.05) is 6.54 Å². The van der Waals surface area contributed by atoms with E-state index >= 15 is 0 Å². The van der Waals surface area contributed by atoms with E-state index in [1.807, 2.05) is 13.8 Å². The van der Waals surface area contributed by atoms with Crippen LogP contribution in [0.15, 0.2) is 0 Å². The highest BCUT2D eigenvalue weighted by Gasteiger charge is 2.32. The van der Waals surface area contributed by atoms with E-state index in [-0.39, 0.29) is 18.3 Å². The standard InChI is InChI=1S/C12H20N4O3/c1-5-12(4,11(18)19)6-13-10(17)9-14-8(7(2)3)15-16-9/h7H,5-6H2,1-4H3,(H,13,17)(H,18,19)(H,14,15,16). The highest BCUT2D eigenvalue weighted by atomic mass is 16.4. The Morgan fingerprint density at radius 2 is 2.11 bits per heavy atom. The van der Waals surface area contributed by atoms with Crippen LogP contribution in [0.3, 0.4) is 0 Å². The average Bonchev–Trinajstić information content (AvgIpc) is 2.85. The van der Waals surface area contributed by atoms with Gasteiger partial charge in [-0.3, -0.25) is 14.7 Å². The van der Waals surface area contributed by atoms with Gasteiger partial charge in [0, 0.05) is 12.5 Å². The first-order valence-corrected chi connectivity index (χ1v) is 6.24. The molecule has 1 heterocycles. The summed E-state index contributed by atoms with van der Waals surface area (Å²) < 4.78 is 0. The molecule has 3 N–H and O–H groups in total. The zero-order valence-electron chi connectivity index (χ0n) is 11.6. The normalized spacial score (nSPS) is 14.2. The first-order chi connectivity index (χ1) is 8.80. The molecule has 19 heavy (non-hydrogen) atoms. The lowest BCUT2D eigenvalue weighted by Gasteiger charge is -2.22. The summed E-state index contributed by atoms with van der Waals surface area (Å²) in [5.41, 5.74) is -0.979. The zero-order valence-corrected chi connectivity index (χ0v) is 11.6. The maximum Gasteiger partial charge on any atom is 0.311 e. The maximum absolute atomic E-state index is 11.8. The van der Waals surface area contributed by atoms with Crippen LogP contribution >= 0.6 is 0 Å². The van der Waals surface area contributed by atoms with Crippen LogP contribution in [-0.4, -0.2) is 38.7 Å². The molecule has 0 aliphatic rings. The number of hydrogen-bond acceptors (Lipinski definition) is 4. The summed E-state index contributed by atoms with van der Waals surface area (Å²) >= 11 is 0. The van der Waals surface area contributed by atoms with E-state index in [2.05, 4.69) is 20.5 Å². The minimum atomic E-state index is -0.979. The number of amides is 1. The van der Waals surface area contributed by atoms with Crippen LogP contribution in [0.4, 0.5) is 0 Å². The van der Waals surface area contributed by atoms with Crippen LogP contribution in [0.2, 0.25) is 0 Å². The molecule has 7 heteroatoms. The molecule has 0 bridgehead atoms. The molecule has 0 saturated heterocycles. The summed E-state index contributed by atoms with van der Waals surface area (Å²) in [6.07, 6.45) is 0.424. The number of nitrogens with one attached hydrogen (secondary N) is 2. The number of H-pyrrole nitrogens is 1. The molecular weight excluding hydrogens is 248 g/mol. The number of aromatic amines is 1. The Labute approximate surface area is 111 Å². The van der Waals surface area contributed by atoms with E-state index in [4.69, 9.17) is 5.11 Å². The van der Waals surface area contributed by atoms with Crippen molar-refractivity contribution < 1.29 is 14.7 Å². The van der Waals surface area contributed by atoms with Gasteiger partial charge in [0.2, 0.25) is 5.82 Å². The van der Waals surface area contributed by atoms with Gasteiger partial charge in [0.1, 0.15) is 5.82 Å². The quantitative estimate of drug-likeness (QED) is 0.717. The molecule has 106 valence electrons. The van der Waals surface area contributed by atoms with Crippen molar-refractivity contribution in [1.29, 1.82) is 0 Å². The van der Waals surface area contributed by atoms with E-state index in [0.717, 1.165) is 0 Å². The molecule has 0 aromatic carbocycles. The maximum atomic E-state index is 11.8. The van der Waals surface area contributed by atoms with Gasteiger partial charge in [0.25, 0.3) is 5.91 Å². The highest BCUT2D eigenvalue weighted by molar-refractivity contribution is 5.90. The number of carboxylic acid groups (broad SMARTS) is 1. The van der Waals surface area contributed by atoms with Crippen LogP contribution in [0.5, 0.6) is 0 Å². The molecule has 1 aromatic rings. The molecular formula is C12H20N4O3. The highest BCUT2D eigenvalue weighted by Crippen LogP contribution is 2.20. The summed E-state index contributed by atoms with van der Waals surface area (Å²) in [7, 11) is 0. The Morgan fingerprint density at radius 3 is 2.53 bits per heavy atom. The Morgan fingerprint density at radius 1 is 1.47 bits per heavy atom. The van der Waals surface area contributed by atoms with Crippen LogP contribution < -0.4 is 5.32 Å². The molecule has 0 fully saturated rings. The second-order valence-corrected chi connectivity index (χ2v) is 5.10. The molecule has 1 amide bonds. The fourth-order valence-electron chi connectivity index (χ4n) is 1.34. The van der Waals surface area contributed by atoms with Crippen molar-refractivity contribution in [1.82, 2.24) is 20.5 Å². The van der Waals surface area contributed by atoms with E-state index in [1.165, 1.54) is 0 Å². The van der Waals surface area contributed by atoms with E-state index < -0.39 is 17.3 Å². The summed E-state index contributed by atoms with van der Waals surface area (Å²) in [6, 6.07) is 0. The summed E-state index contributed by atoms with van der Waals surface area (Å²) in [4.78, 5) is 27.0. The van der Waals surface area contributed by atoms with Gasteiger partial charge in [0.15, 0.2) is 0 Å². The SMILES string of the molecule is CCC(C)(CNC(=O)c1n[nH]c(C(C)C)n1)C(=O)O. The van der Waals surface area contributed by atoms with Crippen molar-refractivity contribution in [2.24, 2.45) is 5.41 Å². The second-order valence-electron chi connectivity index (χ2n) is 5.10. The molecule has 0 aliphatic heterocycles. The molecule has 0 spiro atoms. The monoisotopic (exact) mass is 268 g/mol. The fourth-order valence-corrected chi connectivity index (χ4v) is 1.34. The molecule has 7 nitrogen and oxygen atoms in total. The summed E-state index contributed by atoms with van der Waals surface area (Å²) in [5.74, 6) is -0.597. The number of nitrogens with zero attached hydrogens (tertiary/aromatic N) is 2. The van der Waals surface area contributed by atoms with Gasteiger partial charge in [-0.1, -0.05) is 20.8 Å². The molecule has 0 radical (unpaired) electrons. The van der Waals surface area contributed by atoms with Gasteiger partial charge in [-0.2, -0.15) is 0 Å². The van der Waals surface area contributed by atoms with Crippen molar-refractivity contribution in [3.8, 4) is 0 Å². The molecule has 1 atom stereocenters. The first kappa shape index (κ1) is 15.1. The fraction of sp³-hybridized carbons (Fsp3) is 0.667. The molecule has 1 rings (SSSR count). The average molecular weight is 268 g/mol. The third-order valence-corrected chi connectivity index (χ3v) is 3.19. The molecule has 1 unspecified atom stereocenters.